The summed E-state index contributed by atoms with van der Waals surface area (Å²) in [5, 5.41) is 5.28. The van der Waals surface area contributed by atoms with Gasteiger partial charge in [-0.25, -0.2) is 9.48 Å². The van der Waals surface area contributed by atoms with Gasteiger partial charge >= 0.3 is 5.63 Å². The fourth-order valence-electron chi connectivity index (χ4n) is 5.00. The summed E-state index contributed by atoms with van der Waals surface area (Å²) in [6.07, 6.45) is 1.57. The zero-order chi connectivity index (χ0) is 26.3. The Morgan fingerprint density at radius 1 is 0.923 bits per heavy atom. The maximum Gasteiger partial charge on any atom is 0.345 e. The van der Waals surface area contributed by atoms with E-state index in [-0.39, 0.29) is 17.4 Å². The number of aromatic nitrogens is 2. The standard InChI is InChI=1S/C30H23N3O5S/c34-27-18-39-29(32(27)15-21-17-36-25-12-6-7-13-26(25)37-21)23-16-33(20-9-2-1-3-10-20)31-28(23)22-14-19-8-4-5-11-24(19)38-30(22)35/h1-14,16,21,29H,15,17-18H2/t21-,29-/m1/s1. The van der Waals surface area contributed by atoms with Crippen LogP contribution in [0, 0.1) is 0 Å². The van der Waals surface area contributed by atoms with Crippen molar-refractivity contribution < 1.29 is 18.7 Å². The number of amides is 1. The van der Waals surface area contributed by atoms with E-state index in [9.17, 15) is 9.59 Å². The molecule has 1 fully saturated rings. The number of carbonyl (C=O) groups is 1. The van der Waals surface area contributed by atoms with Crippen LogP contribution in [-0.4, -0.2) is 45.6 Å². The largest absolute Gasteiger partial charge is 0.486 e. The van der Waals surface area contributed by atoms with Crippen LogP contribution in [0.3, 0.4) is 0 Å². The van der Waals surface area contributed by atoms with Crippen LogP contribution in [0.2, 0.25) is 0 Å². The molecule has 2 aliphatic heterocycles. The van der Waals surface area contributed by atoms with E-state index in [0.29, 0.717) is 47.2 Å². The van der Waals surface area contributed by atoms with Gasteiger partial charge < -0.3 is 18.8 Å². The van der Waals surface area contributed by atoms with Gasteiger partial charge in [0, 0.05) is 17.1 Å². The van der Waals surface area contributed by atoms with Gasteiger partial charge in [0.05, 0.1) is 23.5 Å². The lowest BCUT2D eigenvalue weighted by Gasteiger charge is -2.31. The van der Waals surface area contributed by atoms with E-state index in [1.807, 2.05) is 85.1 Å². The number of ether oxygens (including phenoxy) is 2. The molecule has 0 saturated carbocycles. The van der Waals surface area contributed by atoms with Crippen molar-refractivity contribution in [2.45, 2.75) is 11.5 Å². The lowest BCUT2D eigenvalue weighted by molar-refractivity contribution is -0.129. The molecule has 1 saturated heterocycles. The van der Waals surface area contributed by atoms with Gasteiger partial charge in [-0.2, -0.15) is 5.10 Å². The Kier molecular flexibility index (Phi) is 5.85. The molecule has 0 spiro atoms. The van der Waals surface area contributed by atoms with Crippen LogP contribution in [0.1, 0.15) is 10.9 Å². The minimum atomic E-state index is -0.477. The van der Waals surface area contributed by atoms with Crippen LogP contribution in [-0.2, 0) is 4.79 Å². The summed E-state index contributed by atoms with van der Waals surface area (Å²) in [4.78, 5) is 28.1. The monoisotopic (exact) mass is 537 g/mol. The highest BCUT2D eigenvalue weighted by Crippen LogP contribution is 2.43. The quantitative estimate of drug-likeness (QED) is 0.290. The number of rotatable bonds is 5. The molecule has 0 unspecified atom stereocenters. The molecule has 39 heavy (non-hydrogen) atoms. The second kappa shape index (κ2) is 9.67. The third-order valence-electron chi connectivity index (χ3n) is 6.86. The first kappa shape index (κ1) is 23.6. The molecule has 2 atom stereocenters. The second-order valence-electron chi connectivity index (χ2n) is 9.41. The van der Waals surface area contributed by atoms with Crippen molar-refractivity contribution in [1.29, 1.82) is 0 Å². The molecule has 4 heterocycles. The topological polar surface area (TPSA) is 86.8 Å². The first-order chi connectivity index (χ1) is 19.1. The minimum absolute atomic E-state index is 0.00332. The molecule has 8 nitrogen and oxygen atoms in total. The fraction of sp³-hybridized carbons (Fsp3) is 0.167. The summed E-state index contributed by atoms with van der Waals surface area (Å²) in [6.45, 7) is 0.676. The van der Waals surface area contributed by atoms with Gasteiger partial charge in [0.25, 0.3) is 0 Å². The number of nitrogens with zero attached hydrogens (tertiary/aromatic N) is 3. The van der Waals surface area contributed by atoms with Crippen molar-refractivity contribution in [1.82, 2.24) is 14.7 Å². The fourth-order valence-corrected chi connectivity index (χ4v) is 6.20. The lowest BCUT2D eigenvalue weighted by atomic mass is 10.1. The molecular weight excluding hydrogens is 514 g/mol. The highest BCUT2D eigenvalue weighted by molar-refractivity contribution is 8.00. The maximum atomic E-state index is 13.2. The van der Waals surface area contributed by atoms with Crippen molar-refractivity contribution >= 4 is 28.6 Å². The number of hydrogen-bond acceptors (Lipinski definition) is 7. The van der Waals surface area contributed by atoms with Gasteiger partial charge in [0.2, 0.25) is 5.91 Å². The Labute approximate surface area is 227 Å². The molecule has 0 radical (unpaired) electrons. The SMILES string of the molecule is O=C1CS[C@H](c2cn(-c3ccccc3)nc2-c2cc3ccccc3oc2=O)N1C[C@@H]1COc2ccccc2O1. The number of carbonyl (C=O) groups excluding carboxylic acids is 1. The molecule has 2 aliphatic rings. The molecule has 7 rings (SSSR count). The zero-order valence-corrected chi connectivity index (χ0v) is 21.5. The molecule has 5 aromatic rings. The molecule has 9 heteroatoms. The Morgan fingerprint density at radius 2 is 1.69 bits per heavy atom. The van der Waals surface area contributed by atoms with E-state index < -0.39 is 5.63 Å². The third-order valence-corrected chi connectivity index (χ3v) is 8.10. The van der Waals surface area contributed by atoms with Gasteiger partial charge in [-0.3, -0.25) is 4.79 Å². The van der Waals surface area contributed by atoms with E-state index in [2.05, 4.69) is 0 Å². The van der Waals surface area contributed by atoms with Crippen LogP contribution in [0.25, 0.3) is 27.9 Å². The highest BCUT2D eigenvalue weighted by atomic mass is 32.2. The van der Waals surface area contributed by atoms with Crippen molar-refractivity contribution in [3.05, 3.63) is 107 Å². The summed E-state index contributed by atoms with van der Waals surface area (Å²) >= 11 is 1.51. The van der Waals surface area contributed by atoms with Crippen LogP contribution in [0.4, 0.5) is 0 Å². The average Bonchev–Trinajstić information content (AvgIpc) is 3.56. The Bertz CT molecular complexity index is 1750. The highest BCUT2D eigenvalue weighted by Gasteiger charge is 2.39. The normalized spacial score (nSPS) is 18.6. The summed E-state index contributed by atoms with van der Waals surface area (Å²) in [5.41, 5.74) is 2.48. The van der Waals surface area contributed by atoms with E-state index in [1.54, 1.807) is 15.6 Å². The van der Waals surface area contributed by atoms with E-state index in [0.717, 1.165) is 16.6 Å². The smallest absolute Gasteiger partial charge is 0.345 e. The summed E-state index contributed by atoms with van der Waals surface area (Å²) in [6, 6.07) is 26.4. The molecular formula is C30H23N3O5S. The first-order valence-corrected chi connectivity index (χ1v) is 13.7. The van der Waals surface area contributed by atoms with E-state index in [1.165, 1.54) is 11.8 Å². The van der Waals surface area contributed by atoms with E-state index >= 15 is 0 Å². The predicted octanol–water partition coefficient (Wildman–Crippen LogP) is 5.06. The van der Waals surface area contributed by atoms with Gasteiger partial charge in [0.15, 0.2) is 17.6 Å². The Morgan fingerprint density at radius 3 is 2.56 bits per heavy atom. The number of benzene rings is 3. The molecule has 1 amide bonds. The zero-order valence-electron chi connectivity index (χ0n) is 20.7. The van der Waals surface area contributed by atoms with Crippen LogP contribution in [0.15, 0.2) is 100 Å². The van der Waals surface area contributed by atoms with Crippen molar-refractivity contribution in [2.75, 3.05) is 18.9 Å². The second-order valence-corrected chi connectivity index (χ2v) is 10.5. The van der Waals surface area contributed by atoms with Crippen LogP contribution < -0.4 is 15.1 Å². The molecule has 0 N–H and O–H groups in total. The predicted molar refractivity (Wildman–Crippen MR) is 148 cm³/mol. The van der Waals surface area contributed by atoms with Gasteiger partial charge in [-0.15, -0.1) is 11.8 Å². The Hall–Kier alpha value is -4.50. The maximum absolute atomic E-state index is 13.2. The van der Waals surface area contributed by atoms with Gasteiger partial charge in [0.1, 0.15) is 23.3 Å². The molecule has 0 bridgehead atoms. The Balaban J connectivity index is 1.29. The summed E-state index contributed by atoms with van der Waals surface area (Å²) in [7, 11) is 0. The van der Waals surface area contributed by atoms with E-state index in [4.69, 9.17) is 19.0 Å². The molecule has 0 aliphatic carbocycles. The lowest BCUT2D eigenvalue weighted by Crippen LogP contribution is -2.42. The minimum Gasteiger partial charge on any atom is -0.486 e. The first-order valence-electron chi connectivity index (χ1n) is 12.6. The van der Waals surface area contributed by atoms with Crippen molar-refractivity contribution in [2.24, 2.45) is 0 Å². The van der Waals surface area contributed by atoms with Crippen molar-refractivity contribution in [3.8, 4) is 28.4 Å². The van der Waals surface area contributed by atoms with Crippen LogP contribution >= 0.6 is 11.8 Å². The molecule has 3 aromatic carbocycles. The number of fused-ring (bicyclic) bond motifs is 2. The van der Waals surface area contributed by atoms with Gasteiger partial charge in [-0.1, -0.05) is 48.5 Å². The third kappa shape index (κ3) is 4.34. The number of para-hydroxylation sites is 4. The summed E-state index contributed by atoms with van der Waals surface area (Å²) < 4.78 is 19.5. The van der Waals surface area contributed by atoms with Crippen molar-refractivity contribution in [3.63, 3.8) is 0 Å². The number of thioether (sulfide) groups is 1. The number of hydrogen-bond donors (Lipinski definition) is 0. The average molecular weight is 538 g/mol. The van der Waals surface area contributed by atoms with Gasteiger partial charge in [-0.05, 0) is 36.4 Å². The van der Waals surface area contributed by atoms with Crippen LogP contribution in [0.5, 0.6) is 11.5 Å². The summed E-state index contributed by atoms with van der Waals surface area (Å²) in [5.74, 6) is 1.67. The molecule has 194 valence electrons. The molecule has 2 aromatic heterocycles.